The average molecular weight is 552 g/mol. The topological polar surface area (TPSA) is 16.4 Å². The molecule has 1 heterocycles. The van der Waals surface area contributed by atoms with E-state index in [9.17, 15) is 0 Å². The Bertz CT molecular complexity index is 2380. The maximum atomic E-state index is 6.30. The van der Waals surface area contributed by atoms with Gasteiger partial charge in [-0.2, -0.15) is 0 Å². The molecule has 0 saturated carbocycles. The number of hydrogen-bond acceptors (Lipinski definition) is 2. The van der Waals surface area contributed by atoms with E-state index in [1.54, 1.807) is 0 Å². The minimum absolute atomic E-state index is 0.0254. The standard InChI is InChI=1S/C41H29NO/c1-41(2)36-16-8-6-13-30(36)34-24-28(20-22-37(34)41)42(27-11-4-3-5-12-27)38-17-10-15-29-31(38)21-19-26-23-35-32-14-7-9-18-39(32)43-40(35)25-33(26)29/h3-25H,1-2H3. The first-order valence-electron chi connectivity index (χ1n) is 14.9. The molecule has 0 radical (unpaired) electrons. The molecule has 0 atom stereocenters. The molecule has 9 rings (SSSR count). The van der Waals surface area contributed by atoms with Crippen molar-refractivity contribution in [2.45, 2.75) is 19.3 Å². The Morgan fingerprint density at radius 1 is 0.465 bits per heavy atom. The Morgan fingerprint density at radius 3 is 2.14 bits per heavy atom. The van der Waals surface area contributed by atoms with Gasteiger partial charge in [0.05, 0.1) is 5.69 Å². The third-order valence-corrected chi connectivity index (χ3v) is 9.43. The molecular formula is C41H29NO. The van der Waals surface area contributed by atoms with E-state index < -0.39 is 0 Å². The van der Waals surface area contributed by atoms with Gasteiger partial charge in [0, 0.05) is 32.9 Å². The van der Waals surface area contributed by atoms with Crippen LogP contribution >= 0.6 is 0 Å². The van der Waals surface area contributed by atoms with Crippen LogP contribution in [-0.2, 0) is 5.41 Å². The van der Waals surface area contributed by atoms with Gasteiger partial charge in [-0.3, -0.25) is 0 Å². The Kier molecular flexibility index (Phi) is 4.99. The van der Waals surface area contributed by atoms with Crippen LogP contribution in [0.4, 0.5) is 17.1 Å². The highest BCUT2D eigenvalue weighted by molar-refractivity contribution is 6.18. The van der Waals surface area contributed by atoms with Crippen LogP contribution < -0.4 is 4.90 Å². The third kappa shape index (κ3) is 3.47. The van der Waals surface area contributed by atoms with Crippen molar-refractivity contribution in [3.8, 4) is 11.1 Å². The summed E-state index contributed by atoms with van der Waals surface area (Å²) in [5.74, 6) is 0. The monoisotopic (exact) mass is 551 g/mol. The fourth-order valence-electron chi connectivity index (χ4n) is 7.34. The van der Waals surface area contributed by atoms with Crippen molar-refractivity contribution in [1.29, 1.82) is 0 Å². The van der Waals surface area contributed by atoms with E-state index in [4.69, 9.17) is 4.42 Å². The van der Waals surface area contributed by atoms with Crippen molar-refractivity contribution in [1.82, 2.24) is 0 Å². The summed E-state index contributed by atoms with van der Waals surface area (Å²) in [7, 11) is 0. The van der Waals surface area contributed by atoms with Crippen molar-refractivity contribution in [2.75, 3.05) is 4.90 Å². The molecule has 7 aromatic carbocycles. The molecule has 0 unspecified atom stereocenters. The predicted molar refractivity (Wildman–Crippen MR) is 181 cm³/mol. The molecule has 0 N–H and O–H groups in total. The quantitative estimate of drug-likeness (QED) is 0.203. The van der Waals surface area contributed by atoms with Gasteiger partial charge in [0.2, 0.25) is 0 Å². The van der Waals surface area contributed by atoms with E-state index in [-0.39, 0.29) is 5.41 Å². The van der Waals surface area contributed by atoms with Crippen LogP contribution in [-0.4, -0.2) is 0 Å². The minimum Gasteiger partial charge on any atom is -0.456 e. The lowest BCUT2D eigenvalue weighted by Gasteiger charge is -2.28. The fourth-order valence-corrected chi connectivity index (χ4v) is 7.34. The Balaban J connectivity index is 1.29. The van der Waals surface area contributed by atoms with Crippen LogP contribution in [0.1, 0.15) is 25.0 Å². The van der Waals surface area contributed by atoms with E-state index in [1.807, 2.05) is 12.1 Å². The molecule has 8 aromatic rings. The van der Waals surface area contributed by atoms with E-state index in [0.29, 0.717) is 0 Å². The zero-order valence-electron chi connectivity index (χ0n) is 24.1. The predicted octanol–water partition coefficient (Wildman–Crippen LogP) is 11.7. The summed E-state index contributed by atoms with van der Waals surface area (Å²) in [5.41, 5.74) is 10.7. The largest absolute Gasteiger partial charge is 0.456 e. The summed E-state index contributed by atoms with van der Waals surface area (Å²) >= 11 is 0. The molecule has 2 heteroatoms. The molecule has 204 valence electrons. The highest BCUT2D eigenvalue weighted by Gasteiger charge is 2.35. The second-order valence-corrected chi connectivity index (χ2v) is 12.2. The summed E-state index contributed by atoms with van der Waals surface area (Å²) in [4.78, 5) is 2.40. The van der Waals surface area contributed by atoms with Gasteiger partial charge in [-0.1, -0.05) is 105 Å². The Morgan fingerprint density at radius 2 is 1.23 bits per heavy atom. The van der Waals surface area contributed by atoms with Gasteiger partial charge in [-0.25, -0.2) is 0 Å². The zero-order valence-corrected chi connectivity index (χ0v) is 24.1. The summed E-state index contributed by atoms with van der Waals surface area (Å²) in [6.45, 7) is 4.67. The second-order valence-electron chi connectivity index (χ2n) is 12.2. The van der Waals surface area contributed by atoms with Gasteiger partial charge in [0.25, 0.3) is 0 Å². The van der Waals surface area contributed by atoms with Gasteiger partial charge >= 0.3 is 0 Å². The van der Waals surface area contributed by atoms with E-state index in [0.717, 1.165) is 39.0 Å². The van der Waals surface area contributed by atoms with Gasteiger partial charge in [-0.15, -0.1) is 0 Å². The molecule has 0 spiro atoms. The lowest BCUT2D eigenvalue weighted by Crippen LogP contribution is -2.15. The number of rotatable bonds is 3. The first-order chi connectivity index (χ1) is 21.1. The van der Waals surface area contributed by atoms with Crippen LogP contribution in [0.2, 0.25) is 0 Å². The van der Waals surface area contributed by atoms with Crippen LogP contribution in [0.5, 0.6) is 0 Å². The van der Waals surface area contributed by atoms with Gasteiger partial charge in [-0.05, 0) is 86.9 Å². The highest BCUT2D eigenvalue weighted by Crippen LogP contribution is 2.51. The summed E-state index contributed by atoms with van der Waals surface area (Å²) < 4.78 is 6.30. The number of anilines is 3. The summed E-state index contributed by atoms with van der Waals surface area (Å²) in [6.07, 6.45) is 0. The Hall–Kier alpha value is -5.34. The molecule has 0 saturated heterocycles. The van der Waals surface area contributed by atoms with Crippen LogP contribution in [0.15, 0.2) is 144 Å². The lowest BCUT2D eigenvalue weighted by atomic mass is 9.82. The van der Waals surface area contributed by atoms with Crippen LogP contribution in [0.25, 0.3) is 54.6 Å². The smallest absolute Gasteiger partial charge is 0.136 e. The summed E-state index contributed by atoms with van der Waals surface area (Å²) in [6, 6.07) is 50.6. The number of nitrogens with zero attached hydrogens (tertiary/aromatic N) is 1. The number of benzene rings is 7. The Labute approximate surface area is 250 Å². The average Bonchev–Trinajstić information content (AvgIpc) is 3.52. The number of fused-ring (bicyclic) bond motifs is 9. The van der Waals surface area contributed by atoms with E-state index in [2.05, 4.69) is 146 Å². The second kappa shape index (κ2) is 8.83. The molecule has 0 aliphatic heterocycles. The van der Waals surface area contributed by atoms with Gasteiger partial charge in [0.1, 0.15) is 11.2 Å². The molecule has 0 amide bonds. The highest BCUT2D eigenvalue weighted by atomic mass is 16.3. The molecule has 0 bridgehead atoms. The molecule has 2 nitrogen and oxygen atoms in total. The fraction of sp³-hybridized carbons (Fsp3) is 0.0732. The number of para-hydroxylation sites is 2. The zero-order chi connectivity index (χ0) is 28.7. The number of hydrogen-bond donors (Lipinski definition) is 0. The van der Waals surface area contributed by atoms with Crippen LogP contribution in [0.3, 0.4) is 0 Å². The molecular weight excluding hydrogens is 522 g/mol. The molecule has 1 aromatic heterocycles. The maximum Gasteiger partial charge on any atom is 0.136 e. The van der Waals surface area contributed by atoms with Crippen molar-refractivity contribution < 1.29 is 4.42 Å². The van der Waals surface area contributed by atoms with Gasteiger partial charge < -0.3 is 9.32 Å². The first-order valence-corrected chi connectivity index (χ1v) is 14.9. The molecule has 0 fully saturated rings. The van der Waals surface area contributed by atoms with E-state index in [1.165, 1.54) is 43.8 Å². The maximum absolute atomic E-state index is 6.30. The molecule has 1 aliphatic carbocycles. The molecule has 43 heavy (non-hydrogen) atoms. The van der Waals surface area contributed by atoms with Crippen molar-refractivity contribution in [2.24, 2.45) is 0 Å². The van der Waals surface area contributed by atoms with Crippen LogP contribution in [0, 0.1) is 0 Å². The first kappa shape index (κ1) is 24.3. The van der Waals surface area contributed by atoms with E-state index >= 15 is 0 Å². The molecule has 1 aliphatic rings. The minimum atomic E-state index is -0.0254. The van der Waals surface area contributed by atoms with Crippen molar-refractivity contribution in [3.63, 3.8) is 0 Å². The number of furan rings is 1. The van der Waals surface area contributed by atoms with Crippen molar-refractivity contribution in [3.05, 3.63) is 151 Å². The summed E-state index contributed by atoms with van der Waals surface area (Å²) in [5, 5.41) is 7.15. The lowest BCUT2D eigenvalue weighted by molar-refractivity contribution is 0.660. The van der Waals surface area contributed by atoms with Gasteiger partial charge in [0.15, 0.2) is 0 Å². The SMILES string of the molecule is CC1(C)c2ccccc2-c2cc(N(c3ccccc3)c3cccc4c3ccc3cc5c(cc34)oc3ccccc35)ccc21. The third-order valence-electron chi connectivity index (χ3n) is 9.43. The normalized spacial score (nSPS) is 13.5. The van der Waals surface area contributed by atoms with Crippen molar-refractivity contribution >= 4 is 60.5 Å².